The van der Waals surface area contributed by atoms with Crippen LogP contribution in [0.15, 0.2) is 30.5 Å². The highest BCUT2D eigenvalue weighted by Gasteiger charge is 2.22. The standard InChI is InChI=1S/C13H16N4O/c1-14-7-11-8-17(16-15-11)9-12-6-10-4-2-3-5-13(10)18-12/h2-5,8,12,14H,6-7,9H2,1H3. The van der Waals surface area contributed by atoms with Crippen LogP contribution in [0.5, 0.6) is 5.75 Å². The maximum atomic E-state index is 5.88. The first-order chi connectivity index (χ1) is 8.85. The van der Waals surface area contributed by atoms with Crippen LogP contribution < -0.4 is 10.1 Å². The van der Waals surface area contributed by atoms with Crippen molar-refractivity contribution < 1.29 is 4.74 Å². The van der Waals surface area contributed by atoms with E-state index < -0.39 is 0 Å². The van der Waals surface area contributed by atoms with E-state index in [0.29, 0.717) is 0 Å². The fourth-order valence-electron chi connectivity index (χ4n) is 2.25. The molecule has 0 bridgehead atoms. The van der Waals surface area contributed by atoms with Gasteiger partial charge in [-0.15, -0.1) is 5.10 Å². The molecule has 1 aliphatic rings. The van der Waals surface area contributed by atoms with Gasteiger partial charge in [0.05, 0.1) is 12.2 Å². The Morgan fingerprint density at radius 1 is 1.44 bits per heavy atom. The maximum absolute atomic E-state index is 5.88. The van der Waals surface area contributed by atoms with E-state index in [1.807, 2.05) is 36.1 Å². The Kier molecular flexibility index (Phi) is 2.98. The molecule has 0 saturated carbocycles. The van der Waals surface area contributed by atoms with E-state index in [2.05, 4.69) is 21.7 Å². The molecular weight excluding hydrogens is 228 g/mol. The van der Waals surface area contributed by atoms with Crippen molar-refractivity contribution in [2.24, 2.45) is 0 Å². The molecule has 5 nitrogen and oxygen atoms in total. The number of aromatic nitrogens is 3. The van der Waals surface area contributed by atoms with Crippen molar-refractivity contribution >= 4 is 0 Å². The molecule has 5 heteroatoms. The van der Waals surface area contributed by atoms with Crippen molar-refractivity contribution in [2.75, 3.05) is 7.05 Å². The van der Waals surface area contributed by atoms with Crippen molar-refractivity contribution in [3.8, 4) is 5.75 Å². The SMILES string of the molecule is CNCc1cn(CC2Cc3ccccc3O2)nn1. The molecule has 1 aromatic carbocycles. The van der Waals surface area contributed by atoms with Gasteiger partial charge in [0, 0.05) is 19.2 Å². The number of nitrogens with zero attached hydrogens (tertiary/aromatic N) is 3. The number of ether oxygens (including phenoxy) is 1. The third-order valence-electron chi connectivity index (χ3n) is 3.05. The van der Waals surface area contributed by atoms with E-state index >= 15 is 0 Å². The van der Waals surface area contributed by atoms with Crippen LogP contribution in [-0.4, -0.2) is 28.1 Å². The summed E-state index contributed by atoms with van der Waals surface area (Å²) in [5.41, 5.74) is 2.23. The number of rotatable bonds is 4. The van der Waals surface area contributed by atoms with Crippen LogP contribution >= 0.6 is 0 Å². The van der Waals surface area contributed by atoms with Gasteiger partial charge in [0.2, 0.25) is 0 Å². The van der Waals surface area contributed by atoms with Gasteiger partial charge in [-0.25, -0.2) is 4.68 Å². The maximum Gasteiger partial charge on any atom is 0.123 e. The predicted molar refractivity (Wildman–Crippen MR) is 67.3 cm³/mol. The fraction of sp³-hybridized carbons (Fsp3) is 0.385. The monoisotopic (exact) mass is 244 g/mol. The summed E-state index contributed by atoms with van der Waals surface area (Å²) in [6, 6.07) is 8.18. The summed E-state index contributed by atoms with van der Waals surface area (Å²) in [6.45, 7) is 1.48. The summed E-state index contributed by atoms with van der Waals surface area (Å²) in [7, 11) is 1.90. The van der Waals surface area contributed by atoms with E-state index in [1.54, 1.807) is 0 Å². The molecule has 1 aromatic heterocycles. The number of hydrogen-bond acceptors (Lipinski definition) is 4. The van der Waals surface area contributed by atoms with Gasteiger partial charge in [0.1, 0.15) is 11.9 Å². The van der Waals surface area contributed by atoms with Crippen molar-refractivity contribution in [3.05, 3.63) is 41.7 Å². The van der Waals surface area contributed by atoms with Gasteiger partial charge in [-0.3, -0.25) is 0 Å². The van der Waals surface area contributed by atoms with Crippen LogP contribution in [0.4, 0.5) is 0 Å². The van der Waals surface area contributed by atoms with Crippen LogP contribution in [0, 0.1) is 0 Å². The highest BCUT2D eigenvalue weighted by atomic mass is 16.5. The van der Waals surface area contributed by atoms with Crippen LogP contribution in [0.25, 0.3) is 0 Å². The molecule has 0 saturated heterocycles. The molecule has 0 spiro atoms. The molecule has 94 valence electrons. The molecule has 1 unspecified atom stereocenters. The lowest BCUT2D eigenvalue weighted by Crippen LogP contribution is -2.21. The Balaban J connectivity index is 1.65. The molecule has 1 N–H and O–H groups in total. The second kappa shape index (κ2) is 4.78. The lowest BCUT2D eigenvalue weighted by atomic mass is 10.1. The van der Waals surface area contributed by atoms with Crippen LogP contribution in [0.2, 0.25) is 0 Å². The van der Waals surface area contributed by atoms with E-state index in [4.69, 9.17) is 4.74 Å². The molecule has 1 aliphatic heterocycles. The zero-order valence-corrected chi connectivity index (χ0v) is 10.3. The van der Waals surface area contributed by atoms with Gasteiger partial charge >= 0.3 is 0 Å². The number of fused-ring (bicyclic) bond motifs is 1. The van der Waals surface area contributed by atoms with Gasteiger partial charge < -0.3 is 10.1 Å². The van der Waals surface area contributed by atoms with Gasteiger partial charge in [0.25, 0.3) is 0 Å². The summed E-state index contributed by atoms with van der Waals surface area (Å²) >= 11 is 0. The topological polar surface area (TPSA) is 52.0 Å². The van der Waals surface area contributed by atoms with E-state index in [-0.39, 0.29) is 6.10 Å². The lowest BCUT2D eigenvalue weighted by Gasteiger charge is -2.09. The summed E-state index contributed by atoms with van der Waals surface area (Å²) in [4.78, 5) is 0. The summed E-state index contributed by atoms with van der Waals surface area (Å²) < 4.78 is 7.73. The number of para-hydroxylation sites is 1. The second-order valence-corrected chi connectivity index (χ2v) is 4.51. The molecule has 0 aliphatic carbocycles. The third-order valence-corrected chi connectivity index (χ3v) is 3.05. The summed E-state index contributed by atoms with van der Waals surface area (Å²) in [5.74, 6) is 0.998. The zero-order valence-electron chi connectivity index (χ0n) is 10.3. The molecular formula is C13H16N4O. The minimum atomic E-state index is 0.159. The summed E-state index contributed by atoms with van der Waals surface area (Å²) in [6.07, 6.45) is 3.06. The Morgan fingerprint density at radius 3 is 3.17 bits per heavy atom. The predicted octanol–water partition coefficient (Wildman–Crippen LogP) is 1.00. The molecule has 2 aromatic rings. The van der Waals surface area contributed by atoms with Gasteiger partial charge in [-0.2, -0.15) is 0 Å². The van der Waals surface area contributed by atoms with Crippen LogP contribution in [-0.2, 0) is 19.5 Å². The zero-order chi connectivity index (χ0) is 12.4. The lowest BCUT2D eigenvalue weighted by molar-refractivity contribution is 0.202. The minimum absolute atomic E-state index is 0.159. The highest BCUT2D eigenvalue weighted by molar-refractivity contribution is 5.37. The molecule has 0 fully saturated rings. The molecule has 0 radical (unpaired) electrons. The molecule has 0 amide bonds. The first-order valence-electron chi connectivity index (χ1n) is 6.13. The fourth-order valence-corrected chi connectivity index (χ4v) is 2.25. The van der Waals surface area contributed by atoms with Gasteiger partial charge in [0.15, 0.2) is 0 Å². The Hall–Kier alpha value is -1.88. The first-order valence-corrected chi connectivity index (χ1v) is 6.13. The molecule has 18 heavy (non-hydrogen) atoms. The Morgan fingerprint density at radius 2 is 2.33 bits per heavy atom. The van der Waals surface area contributed by atoms with E-state index in [1.165, 1.54) is 5.56 Å². The van der Waals surface area contributed by atoms with Gasteiger partial charge in [-0.05, 0) is 18.7 Å². The number of hydrogen-bond donors (Lipinski definition) is 1. The minimum Gasteiger partial charge on any atom is -0.488 e. The van der Waals surface area contributed by atoms with Crippen molar-refractivity contribution in [3.63, 3.8) is 0 Å². The van der Waals surface area contributed by atoms with Crippen LogP contribution in [0.3, 0.4) is 0 Å². The van der Waals surface area contributed by atoms with E-state index in [0.717, 1.165) is 31.0 Å². The van der Waals surface area contributed by atoms with Crippen molar-refractivity contribution in [2.45, 2.75) is 25.6 Å². The Bertz CT molecular complexity index is 512. The quantitative estimate of drug-likeness (QED) is 0.871. The number of nitrogens with one attached hydrogen (secondary N) is 1. The first kappa shape index (κ1) is 11.2. The third kappa shape index (κ3) is 2.22. The van der Waals surface area contributed by atoms with Gasteiger partial charge in [-0.1, -0.05) is 23.4 Å². The van der Waals surface area contributed by atoms with Crippen LogP contribution in [0.1, 0.15) is 11.3 Å². The second-order valence-electron chi connectivity index (χ2n) is 4.51. The molecule has 1 atom stereocenters. The normalized spacial score (nSPS) is 17.5. The van der Waals surface area contributed by atoms with Crippen molar-refractivity contribution in [1.82, 2.24) is 20.3 Å². The van der Waals surface area contributed by atoms with Crippen molar-refractivity contribution in [1.29, 1.82) is 0 Å². The largest absolute Gasteiger partial charge is 0.488 e. The summed E-state index contributed by atoms with van der Waals surface area (Å²) in [5, 5.41) is 11.3. The smallest absolute Gasteiger partial charge is 0.123 e. The van der Waals surface area contributed by atoms with E-state index in [9.17, 15) is 0 Å². The number of benzene rings is 1. The highest BCUT2D eigenvalue weighted by Crippen LogP contribution is 2.28. The molecule has 2 heterocycles. The Labute approximate surface area is 106 Å². The average Bonchev–Trinajstić information content (AvgIpc) is 2.96. The average molecular weight is 244 g/mol. The molecule has 3 rings (SSSR count).